The predicted molar refractivity (Wildman–Crippen MR) is 96.3 cm³/mol. The minimum absolute atomic E-state index is 0.0763. The van der Waals surface area contributed by atoms with Crippen LogP contribution in [0, 0.1) is 11.3 Å². The van der Waals surface area contributed by atoms with Crippen molar-refractivity contribution in [2.75, 3.05) is 6.61 Å². The van der Waals surface area contributed by atoms with E-state index in [2.05, 4.69) is 23.0 Å². The Morgan fingerprint density at radius 3 is 3.00 bits per heavy atom. The van der Waals surface area contributed by atoms with Crippen molar-refractivity contribution >= 4 is 23.4 Å². The Balaban J connectivity index is 1.73. The standard InChI is InChI=1S/C17H17ClN4OS/c1-12(22-6-7-24-17(22)11-23)10-21-5-4-16(20-21)13-2-3-14(9-19)15(18)8-13/h2-8,12,17,23H,10-11H2,1H3/t12?,17-/m0/s1. The molecule has 124 valence electrons. The zero-order valence-electron chi connectivity index (χ0n) is 13.1. The smallest absolute Gasteiger partial charge is 0.102 e. The van der Waals surface area contributed by atoms with E-state index in [1.807, 2.05) is 34.6 Å². The van der Waals surface area contributed by atoms with Gasteiger partial charge in [-0.2, -0.15) is 10.4 Å². The Bertz CT molecular complexity index is 798. The van der Waals surface area contributed by atoms with Gasteiger partial charge in [0.2, 0.25) is 0 Å². The second kappa shape index (κ2) is 7.31. The van der Waals surface area contributed by atoms with E-state index < -0.39 is 0 Å². The quantitative estimate of drug-likeness (QED) is 0.886. The van der Waals surface area contributed by atoms with Crippen molar-refractivity contribution in [3.05, 3.63) is 52.7 Å². The van der Waals surface area contributed by atoms with Crippen LogP contribution in [0.5, 0.6) is 0 Å². The first-order valence-corrected chi connectivity index (χ1v) is 8.88. The number of benzene rings is 1. The minimum atomic E-state index is 0.0763. The highest BCUT2D eigenvalue weighted by Gasteiger charge is 2.24. The van der Waals surface area contributed by atoms with Gasteiger partial charge in [-0.15, -0.1) is 11.8 Å². The molecule has 0 saturated heterocycles. The summed E-state index contributed by atoms with van der Waals surface area (Å²) in [6.07, 6.45) is 3.94. The monoisotopic (exact) mass is 360 g/mol. The fourth-order valence-electron chi connectivity index (χ4n) is 2.68. The Kier molecular flexibility index (Phi) is 5.14. The highest BCUT2D eigenvalue weighted by atomic mass is 35.5. The van der Waals surface area contributed by atoms with Crippen molar-refractivity contribution in [3.63, 3.8) is 0 Å². The molecule has 0 radical (unpaired) electrons. The molecule has 1 aliphatic rings. The average Bonchev–Trinajstić information content (AvgIpc) is 3.23. The molecule has 2 atom stereocenters. The molecule has 24 heavy (non-hydrogen) atoms. The SMILES string of the molecule is CC(Cn1ccc(-c2ccc(C#N)c(Cl)c2)n1)N1C=CS[C@H]1CO. The molecule has 1 unspecified atom stereocenters. The van der Waals surface area contributed by atoms with E-state index in [9.17, 15) is 5.11 Å². The lowest BCUT2D eigenvalue weighted by Gasteiger charge is -2.29. The number of hydrogen-bond acceptors (Lipinski definition) is 5. The van der Waals surface area contributed by atoms with Crippen LogP contribution in [0.15, 0.2) is 42.1 Å². The molecule has 7 heteroatoms. The Morgan fingerprint density at radius 1 is 1.46 bits per heavy atom. The summed E-state index contributed by atoms with van der Waals surface area (Å²) in [5.74, 6) is 0. The summed E-state index contributed by atoms with van der Waals surface area (Å²) >= 11 is 7.71. The topological polar surface area (TPSA) is 65.1 Å². The summed E-state index contributed by atoms with van der Waals surface area (Å²) in [5.41, 5.74) is 2.16. The second-order valence-electron chi connectivity index (χ2n) is 5.58. The van der Waals surface area contributed by atoms with Gasteiger partial charge in [-0.05, 0) is 30.5 Å². The lowest BCUT2D eigenvalue weighted by atomic mass is 10.1. The Hall–Kier alpha value is -1.94. The van der Waals surface area contributed by atoms with E-state index in [0.29, 0.717) is 17.1 Å². The van der Waals surface area contributed by atoms with Crippen LogP contribution >= 0.6 is 23.4 Å². The molecule has 2 heterocycles. The maximum Gasteiger partial charge on any atom is 0.102 e. The molecular formula is C17H17ClN4OS. The summed E-state index contributed by atoms with van der Waals surface area (Å²) in [6, 6.07) is 9.52. The van der Waals surface area contributed by atoms with Gasteiger partial charge in [0.05, 0.1) is 29.4 Å². The van der Waals surface area contributed by atoms with E-state index in [4.69, 9.17) is 16.9 Å². The number of aliphatic hydroxyl groups is 1. The number of nitriles is 1. The summed E-state index contributed by atoms with van der Waals surface area (Å²) in [5, 5.41) is 25.5. The molecule has 3 rings (SSSR count). The summed E-state index contributed by atoms with van der Waals surface area (Å²) in [4.78, 5) is 2.14. The van der Waals surface area contributed by atoms with E-state index in [-0.39, 0.29) is 18.0 Å². The van der Waals surface area contributed by atoms with Gasteiger partial charge in [0.15, 0.2) is 0 Å². The lowest BCUT2D eigenvalue weighted by molar-refractivity contribution is 0.179. The molecular weight excluding hydrogens is 344 g/mol. The molecule has 0 amide bonds. The number of rotatable bonds is 5. The van der Waals surface area contributed by atoms with E-state index >= 15 is 0 Å². The van der Waals surface area contributed by atoms with E-state index in [1.54, 1.807) is 23.9 Å². The Labute approximate surface area is 150 Å². The average molecular weight is 361 g/mol. The van der Waals surface area contributed by atoms with E-state index in [1.165, 1.54) is 0 Å². The largest absolute Gasteiger partial charge is 0.393 e. The third-order valence-corrected chi connectivity index (χ3v) is 5.24. The first-order valence-electron chi connectivity index (χ1n) is 7.56. The normalized spacial score (nSPS) is 17.9. The number of aromatic nitrogens is 2. The zero-order chi connectivity index (χ0) is 17.1. The molecule has 1 N–H and O–H groups in total. The zero-order valence-corrected chi connectivity index (χ0v) is 14.7. The van der Waals surface area contributed by atoms with E-state index in [0.717, 1.165) is 11.3 Å². The van der Waals surface area contributed by atoms with Crippen LogP contribution in [0.25, 0.3) is 11.3 Å². The van der Waals surface area contributed by atoms with Crippen LogP contribution < -0.4 is 0 Å². The van der Waals surface area contributed by atoms with Crippen molar-refractivity contribution in [1.29, 1.82) is 5.26 Å². The van der Waals surface area contributed by atoms with Gasteiger partial charge in [-0.3, -0.25) is 4.68 Å². The second-order valence-corrected chi connectivity index (χ2v) is 7.08. The van der Waals surface area contributed by atoms with Crippen molar-refractivity contribution in [1.82, 2.24) is 14.7 Å². The molecule has 1 aromatic heterocycles. The van der Waals surface area contributed by atoms with Crippen LogP contribution in [0.3, 0.4) is 0 Å². The summed E-state index contributed by atoms with van der Waals surface area (Å²) < 4.78 is 1.89. The van der Waals surface area contributed by atoms with Crippen LogP contribution in [0.1, 0.15) is 12.5 Å². The molecule has 5 nitrogen and oxygen atoms in total. The maximum absolute atomic E-state index is 9.41. The van der Waals surface area contributed by atoms with Crippen LogP contribution in [-0.4, -0.2) is 37.8 Å². The molecule has 0 aliphatic carbocycles. The minimum Gasteiger partial charge on any atom is -0.393 e. The number of aliphatic hydroxyl groups excluding tert-OH is 1. The van der Waals surface area contributed by atoms with Crippen LogP contribution in [-0.2, 0) is 6.54 Å². The molecule has 0 spiro atoms. The third-order valence-electron chi connectivity index (χ3n) is 3.94. The molecule has 1 aliphatic heterocycles. The fraction of sp³-hybridized carbons (Fsp3) is 0.294. The first kappa shape index (κ1) is 16.9. The maximum atomic E-state index is 9.41. The van der Waals surface area contributed by atoms with Crippen molar-refractivity contribution < 1.29 is 5.11 Å². The van der Waals surface area contributed by atoms with Crippen molar-refractivity contribution in [2.45, 2.75) is 24.9 Å². The number of nitrogens with zero attached hydrogens (tertiary/aromatic N) is 4. The molecule has 0 bridgehead atoms. The van der Waals surface area contributed by atoms with Gasteiger partial charge in [0.1, 0.15) is 11.4 Å². The van der Waals surface area contributed by atoms with Gasteiger partial charge in [0, 0.05) is 24.0 Å². The molecule has 1 aromatic carbocycles. The first-order chi connectivity index (χ1) is 11.6. The van der Waals surface area contributed by atoms with Gasteiger partial charge in [0.25, 0.3) is 0 Å². The summed E-state index contributed by atoms with van der Waals surface area (Å²) in [6.45, 7) is 2.94. The van der Waals surface area contributed by atoms with Crippen molar-refractivity contribution in [2.24, 2.45) is 0 Å². The highest BCUT2D eigenvalue weighted by molar-refractivity contribution is 8.02. The molecule has 0 fully saturated rings. The van der Waals surface area contributed by atoms with Gasteiger partial charge < -0.3 is 10.0 Å². The third kappa shape index (κ3) is 3.44. The molecule has 2 aromatic rings. The Morgan fingerprint density at radius 2 is 2.29 bits per heavy atom. The summed E-state index contributed by atoms with van der Waals surface area (Å²) in [7, 11) is 0. The molecule has 0 saturated carbocycles. The van der Waals surface area contributed by atoms with Crippen molar-refractivity contribution in [3.8, 4) is 17.3 Å². The fourth-order valence-corrected chi connectivity index (χ4v) is 3.80. The number of halogens is 1. The van der Waals surface area contributed by atoms with Crippen LogP contribution in [0.4, 0.5) is 0 Å². The van der Waals surface area contributed by atoms with Gasteiger partial charge >= 0.3 is 0 Å². The number of thioether (sulfide) groups is 1. The van der Waals surface area contributed by atoms with Gasteiger partial charge in [-0.25, -0.2) is 0 Å². The predicted octanol–water partition coefficient (Wildman–Crippen LogP) is 3.30. The highest BCUT2D eigenvalue weighted by Crippen LogP contribution is 2.27. The number of hydrogen-bond donors (Lipinski definition) is 1. The van der Waals surface area contributed by atoms with Gasteiger partial charge in [-0.1, -0.05) is 17.7 Å². The lowest BCUT2D eigenvalue weighted by Crippen LogP contribution is -2.38. The van der Waals surface area contributed by atoms with Crippen LogP contribution in [0.2, 0.25) is 5.02 Å².